The normalized spacial score (nSPS) is 22.2. The van der Waals surface area contributed by atoms with Gasteiger partial charge in [-0.05, 0) is 69.7 Å². The van der Waals surface area contributed by atoms with Gasteiger partial charge in [0, 0.05) is 13.2 Å². The summed E-state index contributed by atoms with van der Waals surface area (Å²) < 4.78 is 16.3. The Morgan fingerprint density at radius 1 is 1.15 bits per heavy atom. The highest BCUT2D eigenvalue weighted by Crippen LogP contribution is 2.38. The van der Waals surface area contributed by atoms with Gasteiger partial charge in [0.2, 0.25) is 0 Å². The molecule has 2 heterocycles. The Labute approximate surface area is 162 Å². The molecule has 3 rings (SSSR count). The third-order valence-corrected chi connectivity index (χ3v) is 5.02. The Hall–Kier alpha value is -2.01. The lowest BCUT2D eigenvalue weighted by molar-refractivity contribution is 0.0000853. The number of hydrogen-bond acceptors (Lipinski definition) is 4. The van der Waals surface area contributed by atoms with Crippen LogP contribution in [0.2, 0.25) is 0 Å². The first-order valence-electron chi connectivity index (χ1n) is 9.81. The first-order valence-corrected chi connectivity index (χ1v) is 9.81. The molecule has 2 bridgehead atoms. The highest BCUT2D eigenvalue weighted by molar-refractivity contribution is 5.75. The highest BCUT2D eigenvalue weighted by Gasteiger charge is 2.39. The molecule has 5 nitrogen and oxygen atoms in total. The van der Waals surface area contributed by atoms with Gasteiger partial charge in [0.15, 0.2) is 0 Å². The SMILES string of the molecule is COCCOc1ccc(C2=CC3CCCC(C2)N3C(=O)OC(C)(C)C)cc1. The molecule has 1 saturated heterocycles. The van der Waals surface area contributed by atoms with Gasteiger partial charge >= 0.3 is 6.09 Å². The molecule has 1 aromatic rings. The number of carbonyl (C=O) groups is 1. The Kier molecular flexibility index (Phi) is 6.10. The summed E-state index contributed by atoms with van der Waals surface area (Å²) in [5.74, 6) is 0.850. The van der Waals surface area contributed by atoms with Gasteiger partial charge in [-0.25, -0.2) is 4.79 Å². The number of hydrogen-bond donors (Lipinski definition) is 0. The molecule has 148 valence electrons. The van der Waals surface area contributed by atoms with E-state index in [9.17, 15) is 4.79 Å². The minimum Gasteiger partial charge on any atom is -0.491 e. The molecule has 0 aliphatic carbocycles. The minimum atomic E-state index is -0.464. The monoisotopic (exact) mass is 373 g/mol. The number of nitrogens with zero attached hydrogens (tertiary/aromatic N) is 1. The Balaban J connectivity index is 1.72. The van der Waals surface area contributed by atoms with Crippen molar-refractivity contribution in [3.63, 3.8) is 0 Å². The van der Waals surface area contributed by atoms with Gasteiger partial charge in [-0.15, -0.1) is 0 Å². The van der Waals surface area contributed by atoms with E-state index in [1.807, 2.05) is 37.8 Å². The van der Waals surface area contributed by atoms with Gasteiger partial charge in [-0.2, -0.15) is 0 Å². The standard InChI is InChI=1S/C22H31NO4/c1-22(2,3)27-21(24)23-18-6-5-7-19(23)15-17(14-18)16-8-10-20(11-9-16)26-13-12-25-4/h8-11,14,18-19H,5-7,12-13,15H2,1-4H3. The summed E-state index contributed by atoms with van der Waals surface area (Å²) in [5.41, 5.74) is 2.05. The zero-order valence-corrected chi connectivity index (χ0v) is 16.9. The van der Waals surface area contributed by atoms with Crippen molar-refractivity contribution in [2.75, 3.05) is 20.3 Å². The van der Waals surface area contributed by atoms with Crippen molar-refractivity contribution in [1.82, 2.24) is 4.90 Å². The van der Waals surface area contributed by atoms with Crippen LogP contribution in [0.15, 0.2) is 30.3 Å². The highest BCUT2D eigenvalue weighted by atomic mass is 16.6. The van der Waals surface area contributed by atoms with Crippen LogP contribution in [0.1, 0.15) is 52.0 Å². The molecule has 0 N–H and O–H groups in total. The summed E-state index contributed by atoms with van der Waals surface area (Å²) in [6.45, 7) is 6.89. The maximum absolute atomic E-state index is 12.7. The first-order chi connectivity index (χ1) is 12.9. The molecule has 1 fully saturated rings. The number of benzene rings is 1. The second-order valence-corrected chi connectivity index (χ2v) is 8.30. The van der Waals surface area contributed by atoms with Gasteiger partial charge < -0.3 is 14.2 Å². The van der Waals surface area contributed by atoms with Gasteiger partial charge in [0.05, 0.1) is 12.6 Å². The Morgan fingerprint density at radius 2 is 1.89 bits per heavy atom. The number of fused-ring (bicyclic) bond motifs is 2. The van der Waals surface area contributed by atoms with Crippen LogP contribution in [-0.2, 0) is 9.47 Å². The first kappa shape index (κ1) is 19.7. The molecule has 2 atom stereocenters. The fraction of sp³-hybridized carbons (Fsp3) is 0.591. The third-order valence-electron chi connectivity index (χ3n) is 5.02. The lowest BCUT2D eigenvalue weighted by atomic mass is 9.83. The third kappa shape index (κ3) is 5.04. The van der Waals surface area contributed by atoms with Crippen LogP contribution in [0, 0.1) is 0 Å². The van der Waals surface area contributed by atoms with Crippen LogP contribution in [-0.4, -0.2) is 49.0 Å². The van der Waals surface area contributed by atoms with Crippen molar-refractivity contribution in [1.29, 1.82) is 0 Å². The molecule has 0 spiro atoms. The fourth-order valence-corrected chi connectivity index (χ4v) is 3.85. The summed E-state index contributed by atoms with van der Waals surface area (Å²) >= 11 is 0. The molecule has 0 radical (unpaired) electrons. The van der Waals surface area contributed by atoms with Gasteiger partial charge in [0.1, 0.15) is 18.0 Å². The van der Waals surface area contributed by atoms with Crippen molar-refractivity contribution in [3.05, 3.63) is 35.9 Å². The number of amides is 1. The molecule has 2 aliphatic heterocycles. The molecular formula is C22H31NO4. The van der Waals surface area contributed by atoms with E-state index in [-0.39, 0.29) is 18.2 Å². The molecule has 0 aromatic heterocycles. The Bertz CT molecular complexity index is 675. The molecule has 1 amide bonds. The van der Waals surface area contributed by atoms with Crippen LogP contribution >= 0.6 is 0 Å². The van der Waals surface area contributed by atoms with E-state index in [2.05, 4.69) is 18.2 Å². The fourth-order valence-electron chi connectivity index (χ4n) is 3.85. The van der Waals surface area contributed by atoms with E-state index < -0.39 is 5.60 Å². The molecule has 27 heavy (non-hydrogen) atoms. The molecule has 5 heteroatoms. The second kappa shape index (κ2) is 8.34. The minimum absolute atomic E-state index is 0.125. The van der Waals surface area contributed by atoms with Crippen LogP contribution in [0.4, 0.5) is 4.79 Å². The summed E-state index contributed by atoms with van der Waals surface area (Å²) in [4.78, 5) is 14.6. The molecule has 2 aliphatic rings. The molecule has 2 unspecified atom stereocenters. The maximum Gasteiger partial charge on any atom is 0.411 e. The van der Waals surface area contributed by atoms with Crippen LogP contribution in [0.3, 0.4) is 0 Å². The van der Waals surface area contributed by atoms with E-state index in [0.717, 1.165) is 31.4 Å². The van der Waals surface area contributed by atoms with E-state index in [1.54, 1.807) is 7.11 Å². The second-order valence-electron chi connectivity index (χ2n) is 8.30. The van der Waals surface area contributed by atoms with Crippen molar-refractivity contribution >= 4 is 11.7 Å². The van der Waals surface area contributed by atoms with Crippen LogP contribution in [0.25, 0.3) is 5.57 Å². The van der Waals surface area contributed by atoms with E-state index in [4.69, 9.17) is 14.2 Å². The van der Waals surface area contributed by atoms with Gasteiger partial charge in [-0.1, -0.05) is 18.2 Å². The average Bonchev–Trinajstić information content (AvgIpc) is 2.60. The van der Waals surface area contributed by atoms with E-state index >= 15 is 0 Å². The molecular weight excluding hydrogens is 342 g/mol. The average molecular weight is 373 g/mol. The number of methoxy groups -OCH3 is 1. The van der Waals surface area contributed by atoms with Gasteiger partial charge in [0.25, 0.3) is 0 Å². The topological polar surface area (TPSA) is 48.0 Å². The molecule has 0 saturated carbocycles. The predicted octanol–water partition coefficient (Wildman–Crippen LogP) is 4.66. The summed E-state index contributed by atoms with van der Waals surface area (Å²) in [7, 11) is 1.67. The zero-order valence-electron chi connectivity index (χ0n) is 16.9. The van der Waals surface area contributed by atoms with Crippen LogP contribution < -0.4 is 4.74 Å². The lowest BCUT2D eigenvalue weighted by Gasteiger charge is -2.45. The predicted molar refractivity (Wildman–Crippen MR) is 106 cm³/mol. The zero-order chi connectivity index (χ0) is 19.4. The largest absolute Gasteiger partial charge is 0.491 e. The number of carbonyl (C=O) groups excluding carboxylic acids is 1. The van der Waals surface area contributed by atoms with Gasteiger partial charge in [-0.3, -0.25) is 4.90 Å². The quantitative estimate of drug-likeness (QED) is 0.705. The smallest absolute Gasteiger partial charge is 0.411 e. The number of ether oxygens (including phenoxy) is 3. The van der Waals surface area contributed by atoms with Crippen molar-refractivity contribution < 1.29 is 19.0 Å². The Morgan fingerprint density at radius 3 is 2.52 bits per heavy atom. The van der Waals surface area contributed by atoms with Crippen molar-refractivity contribution in [2.24, 2.45) is 0 Å². The summed E-state index contributed by atoms with van der Waals surface area (Å²) in [6.07, 6.45) is 6.13. The van der Waals surface area contributed by atoms with Crippen LogP contribution in [0.5, 0.6) is 5.75 Å². The summed E-state index contributed by atoms with van der Waals surface area (Å²) in [6, 6.07) is 8.56. The lowest BCUT2D eigenvalue weighted by Crippen LogP contribution is -2.53. The van der Waals surface area contributed by atoms with Crippen molar-refractivity contribution in [2.45, 2.75) is 64.1 Å². The van der Waals surface area contributed by atoms with Crippen molar-refractivity contribution in [3.8, 4) is 5.75 Å². The number of rotatable bonds is 5. The molecule has 1 aromatic carbocycles. The maximum atomic E-state index is 12.7. The van der Waals surface area contributed by atoms with E-state index in [0.29, 0.717) is 13.2 Å². The van der Waals surface area contributed by atoms with E-state index in [1.165, 1.54) is 11.1 Å². The summed E-state index contributed by atoms with van der Waals surface area (Å²) in [5, 5.41) is 0. The number of piperidine rings is 1.